The van der Waals surface area contributed by atoms with Crippen LogP contribution in [0.2, 0.25) is 5.02 Å². The SMILES string of the molecule is CCCCC(C(=O)Nc1ccc(C)c(Cl)c1)N1C(=O)C2C3c4ccccc4C(c4ccccc43)C2C1=O. The summed E-state index contributed by atoms with van der Waals surface area (Å²) in [6, 6.07) is 20.8. The van der Waals surface area contributed by atoms with Crippen LogP contribution in [-0.4, -0.2) is 28.7 Å². The lowest BCUT2D eigenvalue weighted by molar-refractivity contribution is -0.147. The van der Waals surface area contributed by atoms with E-state index in [0.717, 1.165) is 40.7 Å². The number of halogens is 1. The van der Waals surface area contributed by atoms with Crippen LogP contribution in [-0.2, 0) is 14.4 Å². The van der Waals surface area contributed by atoms with Gasteiger partial charge in [-0.2, -0.15) is 0 Å². The van der Waals surface area contributed by atoms with E-state index in [1.165, 1.54) is 4.90 Å². The van der Waals surface area contributed by atoms with Gasteiger partial charge in [-0.25, -0.2) is 0 Å². The monoisotopic (exact) mass is 512 g/mol. The van der Waals surface area contributed by atoms with Crippen LogP contribution >= 0.6 is 11.6 Å². The van der Waals surface area contributed by atoms with Crippen LogP contribution in [0.15, 0.2) is 66.7 Å². The van der Waals surface area contributed by atoms with E-state index in [9.17, 15) is 14.4 Å². The number of carbonyl (C=O) groups excluding carboxylic acids is 3. The predicted molar refractivity (Wildman–Crippen MR) is 144 cm³/mol. The largest absolute Gasteiger partial charge is 0.324 e. The Hall–Kier alpha value is -3.44. The molecule has 0 saturated carbocycles. The minimum Gasteiger partial charge on any atom is -0.324 e. The zero-order valence-electron chi connectivity index (χ0n) is 20.9. The highest BCUT2D eigenvalue weighted by Crippen LogP contribution is 2.61. The van der Waals surface area contributed by atoms with Crippen molar-refractivity contribution in [3.63, 3.8) is 0 Å². The Labute approximate surface area is 221 Å². The van der Waals surface area contributed by atoms with Crippen LogP contribution in [0, 0.1) is 18.8 Å². The maximum absolute atomic E-state index is 14.1. The first kappa shape index (κ1) is 23.9. The predicted octanol–water partition coefficient (Wildman–Crippen LogP) is 6.04. The van der Waals surface area contributed by atoms with Gasteiger partial charge in [-0.1, -0.05) is 86.0 Å². The summed E-state index contributed by atoms with van der Waals surface area (Å²) in [5.41, 5.74) is 5.96. The lowest BCUT2D eigenvalue weighted by Gasteiger charge is -2.45. The summed E-state index contributed by atoms with van der Waals surface area (Å²) in [6.07, 6.45) is 2.01. The quantitative estimate of drug-likeness (QED) is 0.409. The van der Waals surface area contributed by atoms with E-state index in [1.54, 1.807) is 12.1 Å². The first-order valence-electron chi connectivity index (χ1n) is 13.0. The van der Waals surface area contributed by atoms with E-state index in [-0.39, 0.29) is 29.6 Å². The molecule has 6 heteroatoms. The van der Waals surface area contributed by atoms with E-state index in [4.69, 9.17) is 11.6 Å². The summed E-state index contributed by atoms with van der Waals surface area (Å²) in [7, 11) is 0. The number of likely N-dealkylation sites (tertiary alicyclic amines) is 1. The molecule has 1 heterocycles. The molecule has 4 aliphatic rings. The van der Waals surface area contributed by atoms with Crippen molar-refractivity contribution in [1.29, 1.82) is 0 Å². The van der Waals surface area contributed by atoms with Gasteiger partial charge in [0.15, 0.2) is 0 Å². The molecule has 2 bridgehead atoms. The first-order valence-corrected chi connectivity index (χ1v) is 13.4. The van der Waals surface area contributed by atoms with Crippen molar-refractivity contribution in [1.82, 2.24) is 4.90 Å². The van der Waals surface area contributed by atoms with Crippen molar-refractivity contribution >= 4 is 35.0 Å². The lowest BCUT2D eigenvalue weighted by atomic mass is 9.55. The van der Waals surface area contributed by atoms with E-state index >= 15 is 0 Å². The van der Waals surface area contributed by atoms with Crippen LogP contribution in [0.1, 0.15) is 65.8 Å². The van der Waals surface area contributed by atoms with Gasteiger partial charge < -0.3 is 5.32 Å². The van der Waals surface area contributed by atoms with Crippen LogP contribution in [0.3, 0.4) is 0 Å². The average Bonchev–Trinajstić information content (AvgIpc) is 3.17. The number of nitrogens with zero attached hydrogens (tertiary/aromatic N) is 1. The molecule has 3 aromatic rings. The molecule has 3 atom stereocenters. The lowest BCUT2D eigenvalue weighted by Crippen LogP contribution is -2.48. The third kappa shape index (κ3) is 3.63. The smallest absolute Gasteiger partial charge is 0.247 e. The number of rotatable bonds is 6. The van der Waals surface area contributed by atoms with E-state index in [0.29, 0.717) is 17.1 Å². The molecule has 1 saturated heterocycles. The van der Waals surface area contributed by atoms with E-state index in [2.05, 4.69) is 29.6 Å². The highest BCUT2D eigenvalue weighted by atomic mass is 35.5. The molecule has 1 fully saturated rings. The molecule has 3 unspecified atom stereocenters. The van der Waals surface area contributed by atoms with Gasteiger partial charge in [0.2, 0.25) is 17.7 Å². The number of carbonyl (C=O) groups is 3. The number of amides is 3. The molecule has 37 heavy (non-hydrogen) atoms. The molecule has 3 aliphatic carbocycles. The molecule has 0 aromatic heterocycles. The zero-order chi connectivity index (χ0) is 25.8. The molecule has 3 aromatic carbocycles. The summed E-state index contributed by atoms with van der Waals surface area (Å²) < 4.78 is 0. The molecule has 0 radical (unpaired) electrons. The number of anilines is 1. The molecule has 188 valence electrons. The van der Waals surface area contributed by atoms with Gasteiger partial charge in [-0.3, -0.25) is 19.3 Å². The van der Waals surface area contributed by atoms with Crippen molar-refractivity contribution in [2.24, 2.45) is 11.8 Å². The van der Waals surface area contributed by atoms with Crippen molar-refractivity contribution in [3.05, 3.63) is 99.6 Å². The Morgan fingerprint density at radius 2 is 1.41 bits per heavy atom. The van der Waals surface area contributed by atoms with Crippen LogP contribution in [0.25, 0.3) is 0 Å². The van der Waals surface area contributed by atoms with Crippen molar-refractivity contribution in [3.8, 4) is 0 Å². The third-order valence-corrected chi connectivity index (χ3v) is 8.77. The average molecular weight is 513 g/mol. The van der Waals surface area contributed by atoms with Crippen LogP contribution in [0.4, 0.5) is 5.69 Å². The van der Waals surface area contributed by atoms with Crippen LogP contribution in [0.5, 0.6) is 0 Å². The highest BCUT2D eigenvalue weighted by Gasteiger charge is 2.62. The number of imide groups is 1. The molecule has 7 rings (SSSR count). The summed E-state index contributed by atoms with van der Waals surface area (Å²) in [6.45, 7) is 3.93. The highest BCUT2D eigenvalue weighted by molar-refractivity contribution is 6.31. The normalized spacial score (nSPS) is 23.9. The Bertz CT molecular complexity index is 1320. The topological polar surface area (TPSA) is 66.5 Å². The van der Waals surface area contributed by atoms with Crippen molar-refractivity contribution < 1.29 is 14.4 Å². The molecule has 1 aliphatic heterocycles. The molecule has 1 N–H and O–H groups in total. The fourth-order valence-corrected chi connectivity index (χ4v) is 6.86. The maximum atomic E-state index is 14.1. The second-order valence-electron chi connectivity index (χ2n) is 10.4. The second kappa shape index (κ2) is 9.14. The fraction of sp³-hybridized carbons (Fsp3) is 0.323. The Morgan fingerprint density at radius 1 is 0.892 bits per heavy atom. The Balaban J connectivity index is 1.39. The minimum atomic E-state index is -0.865. The van der Waals surface area contributed by atoms with Gasteiger partial charge in [0, 0.05) is 22.5 Å². The minimum absolute atomic E-state index is 0.186. The van der Waals surface area contributed by atoms with Gasteiger partial charge in [-0.15, -0.1) is 0 Å². The van der Waals surface area contributed by atoms with Gasteiger partial charge in [0.05, 0.1) is 11.8 Å². The van der Waals surface area contributed by atoms with Crippen molar-refractivity contribution in [2.45, 2.75) is 51.0 Å². The van der Waals surface area contributed by atoms with E-state index < -0.39 is 17.9 Å². The zero-order valence-corrected chi connectivity index (χ0v) is 21.7. The summed E-state index contributed by atoms with van der Waals surface area (Å²) in [5, 5.41) is 3.47. The summed E-state index contributed by atoms with van der Waals surface area (Å²) in [4.78, 5) is 43.2. The first-order chi connectivity index (χ1) is 17.9. The van der Waals surface area contributed by atoms with Gasteiger partial charge in [-0.05, 0) is 53.3 Å². The van der Waals surface area contributed by atoms with Crippen LogP contribution < -0.4 is 5.32 Å². The number of nitrogens with one attached hydrogen (secondary N) is 1. The van der Waals surface area contributed by atoms with Crippen molar-refractivity contribution in [2.75, 3.05) is 5.32 Å². The summed E-state index contributed by atoms with van der Waals surface area (Å²) >= 11 is 6.27. The second-order valence-corrected chi connectivity index (χ2v) is 10.8. The fourth-order valence-electron chi connectivity index (χ4n) is 6.68. The number of unbranched alkanes of at least 4 members (excludes halogenated alkanes) is 1. The maximum Gasteiger partial charge on any atom is 0.247 e. The molecule has 0 spiro atoms. The number of benzene rings is 3. The Morgan fingerprint density at radius 3 is 1.86 bits per heavy atom. The van der Waals surface area contributed by atoms with E-state index in [1.807, 2.05) is 44.2 Å². The summed E-state index contributed by atoms with van der Waals surface area (Å²) in [5.74, 6) is -2.17. The Kier molecular flexibility index (Phi) is 5.91. The van der Waals surface area contributed by atoms with Gasteiger partial charge in [0.1, 0.15) is 6.04 Å². The standard InChI is InChI=1S/C31H29ClN2O3/c1-3-4-13-24(29(35)33-18-15-14-17(2)23(32)16-18)34-30(36)27-25-19-9-5-6-10-20(19)26(28(27)31(34)37)22-12-8-7-11-21(22)25/h5-12,14-16,24-28H,3-4,13H2,1-2H3,(H,33,35). The molecular formula is C31H29ClN2O3. The number of aryl methyl sites for hydroxylation is 1. The van der Waals surface area contributed by atoms with Gasteiger partial charge in [0.25, 0.3) is 0 Å². The van der Waals surface area contributed by atoms with Gasteiger partial charge >= 0.3 is 0 Å². The number of hydrogen-bond donors (Lipinski definition) is 1. The third-order valence-electron chi connectivity index (χ3n) is 8.37. The molecule has 3 amide bonds. The number of hydrogen-bond acceptors (Lipinski definition) is 3. The molecular weight excluding hydrogens is 484 g/mol. The molecule has 5 nitrogen and oxygen atoms in total.